The summed E-state index contributed by atoms with van der Waals surface area (Å²) in [7, 11) is 0. The molecule has 0 spiro atoms. The standard InChI is InChI=1S/C12H15F4N3/c1-2-19-5-3-7(4-6-19)17-10-8(13)11(15)18-12(16)9(10)14/h7H,2-6H2,1H3,(H,17,18). The Morgan fingerprint density at radius 2 is 1.63 bits per heavy atom. The molecule has 0 aromatic carbocycles. The summed E-state index contributed by atoms with van der Waals surface area (Å²) in [6.45, 7) is 4.51. The highest BCUT2D eigenvalue weighted by atomic mass is 19.2. The van der Waals surface area contributed by atoms with Crippen LogP contribution < -0.4 is 5.32 Å². The SMILES string of the molecule is CCN1CCC(Nc2c(F)c(F)nc(F)c2F)CC1. The number of pyridine rings is 1. The molecule has 1 fully saturated rings. The van der Waals surface area contributed by atoms with Crippen molar-refractivity contribution in [2.75, 3.05) is 25.0 Å². The first-order valence-electron chi connectivity index (χ1n) is 6.21. The van der Waals surface area contributed by atoms with Crippen molar-refractivity contribution >= 4 is 5.69 Å². The predicted molar refractivity (Wildman–Crippen MR) is 62.8 cm³/mol. The van der Waals surface area contributed by atoms with Crippen LogP contribution in [-0.2, 0) is 0 Å². The van der Waals surface area contributed by atoms with Crippen LogP contribution in [0.1, 0.15) is 19.8 Å². The molecule has 0 aliphatic carbocycles. The van der Waals surface area contributed by atoms with Crippen LogP contribution in [0.15, 0.2) is 0 Å². The maximum atomic E-state index is 13.4. The lowest BCUT2D eigenvalue weighted by atomic mass is 10.0. The molecular formula is C12H15F4N3. The monoisotopic (exact) mass is 277 g/mol. The topological polar surface area (TPSA) is 28.2 Å². The Morgan fingerprint density at radius 1 is 1.11 bits per heavy atom. The maximum Gasteiger partial charge on any atom is 0.253 e. The van der Waals surface area contributed by atoms with Crippen LogP contribution >= 0.6 is 0 Å². The molecule has 0 radical (unpaired) electrons. The highest BCUT2D eigenvalue weighted by Gasteiger charge is 2.25. The Kier molecular flexibility index (Phi) is 4.24. The van der Waals surface area contributed by atoms with E-state index in [0.717, 1.165) is 19.6 Å². The van der Waals surface area contributed by atoms with Gasteiger partial charge >= 0.3 is 0 Å². The van der Waals surface area contributed by atoms with Gasteiger partial charge < -0.3 is 10.2 Å². The first kappa shape index (κ1) is 14.0. The van der Waals surface area contributed by atoms with E-state index < -0.39 is 29.2 Å². The number of piperidine rings is 1. The number of hydrogen-bond acceptors (Lipinski definition) is 3. The zero-order valence-electron chi connectivity index (χ0n) is 10.5. The average Bonchev–Trinajstić information content (AvgIpc) is 2.42. The zero-order chi connectivity index (χ0) is 14.0. The number of likely N-dealkylation sites (tertiary alicyclic amines) is 1. The van der Waals surface area contributed by atoms with Crippen molar-refractivity contribution in [1.82, 2.24) is 9.88 Å². The van der Waals surface area contributed by atoms with Crippen molar-refractivity contribution in [3.05, 3.63) is 23.5 Å². The fraction of sp³-hybridized carbons (Fsp3) is 0.583. The van der Waals surface area contributed by atoms with Crippen molar-refractivity contribution in [3.63, 3.8) is 0 Å². The van der Waals surface area contributed by atoms with Gasteiger partial charge in [0.05, 0.1) is 0 Å². The molecular weight excluding hydrogens is 262 g/mol. The van der Waals surface area contributed by atoms with Gasteiger partial charge in [-0.25, -0.2) is 0 Å². The molecule has 0 atom stereocenters. The molecule has 0 bridgehead atoms. The number of hydrogen-bond donors (Lipinski definition) is 1. The lowest BCUT2D eigenvalue weighted by molar-refractivity contribution is 0.229. The number of rotatable bonds is 3. The molecule has 19 heavy (non-hydrogen) atoms. The second-order valence-corrected chi connectivity index (χ2v) is 4.55. The minimum Gasteiger partial charge on any atom is -0.377 e. The van der Waals surface area contributed by atoms with Gasteiger partial charge in [0.25, 0.3) is 11.9 Å². The molecule has 0 amide bonds. The van der Waals surface area contributed by atoms with Crippen LogP contribution in [-0.4, -0.2) is 35.6 Å². The Bertz CT molecular complexity index is 433. The summed E-state index contributed by atoms with van der Waals surface area (Å²) in [6.07, 6.45) is 1.33. The fourth-order valence-electron chi connectivity index (χ4n) is 2.21. The molecule has 1 aliphatic heterocycles. The Morgan fingerprint density at radius 3 is 2.11 bits per heavy atom. The molecule has 1 aliphatic rings. The van der Waals surface area contributed by atoms with Gasteiger partial charge in [-0.3, -0.25) is 0 Å². The third kappa shape index (κ3) is 2.97. The molecule has 7 heteroatoms. The fourth-order valence-corrected chi connectivity index (χ4v) is 2.21. The van der Waals surface area contributed by atoms with Crippen molar-refractivity contribution in [2.24, 2.45) is 0 Å². The molecule has 0 unspecified atom stereocenters. The maximum absolute atomic E-state index is 13.4. The Hall–Kier alpha value is -1.37. The molecule has 1 aromatic heterocycles. The molecule has 1 saturated heterocycles. The van der Waals surface area contributed by atoms with Crippen molar-refractivity contribution in [1.29, 1.82) is 0 Å². The largest absolute Gasteiger partial charge is 0.377 e. The highest BCUT2D eigenvalue weighted by Crippen LogP contribution is 2.25. The van der Waals surface area contributed by atoms with Crippen molar-refractivity contribution in [2.45, 2.75) is 25.8 Å². The summed E-state index contributed by atoms with van der Waals surface area (Å²) >= 11 is 0. The number of nitrogens with zero attached hydrogens (tertiary/aromatic N) is 2. The van der Waals surface area contributed by atoms with Gasteiger partial charge in [-0.05, 0) is 19.4 Å². The molecule has 3 nitrogen and oxygen atoms in total. The van der Waals surface area contributed by atoms with E-state index in [9.17, 15) is 17.6 Å². The second-order valence-electron chi connectivity index (χ2n) is 4.55. The van der Waals surface area contributed by atoms with Crippen LogP contribution in [0.4, 0.5) is 23.2 Å². The van der Waals surface area contributed by atoms with Crippen LogP contribution in [0, 0.1) is 23.5 Å². The highest BCUT2D eigenvalue weighted by molar-refractivity contribution is 5.46. The summed E-state index contributed by atoms with van der Waals surface area (Å²) in [5, 5.41) is 2.55. The molecule has 2 rings (SSSR count). The number of halogens is 4. The number of anilines is 1. The van der Waals surface area contributed by atoms with Crippen LogP contribution in [0.5, 0.6) is 0 Å². The molecule has 1 N–H and O–H groups in total. The van der Waals surface area contributed by atoms with E-state index in [-0.39, 0.29) is 6.04 Å². The predicted octanol–water partition coefficient (Wildman–Crippen LogP) is 2.53. The normalized spacial score (nSPS) is 17.7. The Labute approximate surface area is 108 Å². The number of nitrogens with one attached hydrogen (secondary N) is 1. The zero-order valence-corrected chi connectivity index (χ0v) is 10.5. The van der Waals surface area contributed by atoms with E-state index in [1.807, 2.05) is 6.92 Å². The van der Waals surface area contributed by atoms with E-state index in [1.165, 1.54) is 0 Å². The minimum absolute atomic E-state index is 0.201. The van der Waals surface area contributed by atoms with E-state index in [1.54, 1.807) is 0 Å². The van der Waals surface area contributed by atoms with Crippen LogP contribution in [0.2, 0.25) is 0 Å². The second kappa shape index (κ2) is 5.73. The summed E-state index contributed by atoms with van der Waals surface area (Å²) in [5.74, 6) is -6.21. The third-order valence-electron chi connectivity index (χ3n) is 3.38. The van der Waals surface area contributed by atoms with Gasteiger partial charge in [0, 0.05) is 19.1 Å². The summed E-state index contributed by atoms with van der Waals surface area (Å²) in [5.41, 5.74) is -0.764. The average molecular weight is 277 g/mol. The van der Waals surface area contributed by atoms with E-state index in [2.05, 4.69) is 15.2 Å². The first-order valence-corrected chi connectivity index (χ1v) is 6.21. The minimum atomic E-state index is -1.63. The Balaban J connectivity index is 2.12. The van der Waals surface area contributed by atoms with Crippen molar-refractivity contribution in [3.8, 4) is 0 Å². The third-order valence-corrected chi connectivity index (χ3v) is 3.38. The number of aromatic nitrogens is 1. The first-order chi connectivity index (χ1) is 9.02. The lowest BCUT2D eigenvalue weighted by Gasteiger charge is -2.32. The van der Waals surface area contributed by atoms with E-state index >= 15 is 0 Å². The molecule has 106 valence electrons. The summed E-state index contributed by atoms with van der Waals surface area (Å²) in [4.78, 5) is 4.71. The molecule has 2 heterocycles. The molecule has 0 saturated carbocycles. The van der Waals surface area contributed by atoms with Gasteiger partial charge in [0.2, 0.25) is 11.6 Å². The van der Waals surface area contributed by atoms with Gasteiger partial charge in [0.15, 0.2) is 0 Å². The van der Waals surface area contributed by atoms with Gasteiger partial charge in [-0.1, -0.05) is 6.92 Å². The van der Waals surface area contributed by atoms with Crippen molar-refractivity contribution < 1.29 is 17.6 Å². The van der Waals surface area contributed by atoms with Gasteiger partial charge in [-0.2, -0.15) is 22.5 Å². The summed E-state index contributed by atoms with van der Waals surface area (Å²) in [6, 6.07) is -0.201. The van der Waals surface area contributed by atoms with Gasteiger partial charge in [-0.15, -0.1) is 0 Å². The van der Waals surface area contributed by atoms with Crippen LogP contribution in [0.3, 0.4) is 0 Å². The van der Waals surface area contributed by atoms with Crippen LogP contribution in [0.25, 0.3) is 0 Å². The van der Waals surface area contributed by atoms with E-state index in [0.29, 0.717) is 12.8 Å². The summed E-state index contributed by atoms with van der Waals surface area (Å²) < 4.78 is 52.7. The molecule has 1 aromatic rings. The lowest BCUT2D eigenvalue weighted by Crippen LogP contribution is -2.39. The van der Waals surface area contributed by atoms with E-state index in [4.69, 9.17) is 0 Å². The van der Waals surface area contributed by atoms with Gasteiger partial charge in [0.1, 0.15) is 5.69 Å². The quantitative estimate of drug-likeness (QED) is 0.680. The smallest absolute Gasteiger partial charge is 0.253 e.